The number of aliphatic imine (C=N–C) groups is 1. The van der Waals surface area contributed by atoms with Crippen LogP contribution in [0.3, 0.4) is 0 Å². The first kappa shape index (κ1) is 16.7. The standard InChI is InChI=1S/C17H29N5S/c1-12-13(2)23-16(21-12)6-8-19-17(18-3)20-10-14-7-9-22(11-14)15-4-5-15/h14-15H,4-11H2,1-3H3,(H2,18,19,20). The van der Waals surface area contributed by atoms with E-state index in [-0.39, 0.29) is 0 Å². The van der Waals surface area contributed by atoms with Crippen molar-refractivity contribution in [1.82, 2.24) is 20.5 Å². The molecule has 23 heavy (non-hydrogen) atoms. The summed E-state index contributed by atoms with van der Waals surface area (Å²) in [5.74, 6) is 1.68. The van der Waals surface area contributed by atoms with Crippen LogP contribution in [0.1, 0.15) is 34.8 Å². The van der Waals surface area contributed by atoms with Crippen molar-refractivity contribution in [3.63, 3.8) is 0 Å². The van der Waals surface area contributed by atoms with Crippen molar-refractivity contribution in [3.05, 3.63) is 15.6 Å². The minimum Gasteiger partial charge on any atom is -0.356 e. The molecule has 0 bridgehead atoms. The van der Waals surface area contributed by atoms with Crippen molar-refractivity contribution in [1.29, 1.82) is 0 Å². The van der Waals surface area contributed by atoms with E-state index in [1.165, 1.54) is 42.2 Å². The lowest BCUT2D eigenvalue weighted by Crippen LogP contribution is -2.41. The maximum atomic E-state index is 4.59. The molecule has 1 aromatic rings. The maximum absolute atomic E-state index is 4.59. The number of hydrogen-bond donors (Lipinski definition) is 2. The zero-order valence-corrected chi connectivity index (χ0v) is 15.4. The van der Waals surface area contributed by atoms with Crippen LogP contribution >= 0.6 is 11.3 Å². The van der Waals surface area contributed by atoms with Crippen molar-refractivity contribution < 1.29 is 0 Å². The van der Waals surface area contributed by atoms with Crippen molar-refractivity contribution in [2.75, 3.05) is 33.2 Å². The summed E-state index contributed by atoms with van der Waals surface area (Å²) in [6.07, 6.45) is 5.11. The van der Waals surface area contributed by atoms with Gasteiger partial charge >= 0.3 is 0 Å². The lowest BCUT2D eigenvalue weighted by Gasteiger charge is -2.17. The van der Waals surface area contributed by atoms with Gasteiger partial charge in [0.05, 0.1) is 10.7 Å². The van der Waals surface area contributed by atoms with Gasteiger partial charge in [-0.25, -0.2) is 4.98 Å². The third kappa shape index (κ3) is 4.67. The molecule has 1 aliphatic heterocycles. The van der Waals surface area contributed by atoms with E-state index >= 15 is 0 Å². The smallest absolute Gasteiger partial charge is 0.191 e. The highest BCUT2D eigenvalue weighted by molar-refractivity contribution is 7.11. The van der Waals surface area contributed by atoms with E-state index in [2.05, 4.69) is 39.4 Å². The largest absolute Gasteiger partial charge is 0.356 e. The van der Waals surface area contributed by atoms with Crippen LogP contribution < -0.4 is 10.6 Å². The fourth-order valence-electron chi connectivity index (χ4n) is 3.20. The number of thiazole rings is 1. The Kier molecular flexibility index (Phi) is 5.54. The lowest BCUT2D eigenvalue weighted by molar-refractivity contribution is 0.314. The summed E-state index contributed by atoms with van der Waals surface area (Å²) in [6.45, 7) is 8.66. The minimum absolute atomic E-state index is 0.762. The molecule has 2 heterocycles. The molecule has 0 aromatic carbocycles. The summed E-state index contributed by atoms with van der Waals surface area (Å²) in [7, 11) is 1.85. The molecule has 6 heteroatoms. The summed E-state index contributed by atoms with van der Waals surface area (Å²) >= 11 is 1.80. The van der Waals surface area contributed by atoms with Crippen LogP contribution in [0.15, 0.2) is 4.99 Å². The second-order valence-corrected chi connectivity index (χ2v) is 8.05. The van der Waals surface area contributed by atoms with Gasteiger partial charge in [0.25, 0.3) is 0 Å². The number of guanidine groups is 1. The van der Waals surface area contributed by atoms with Crippen molar-refractivity contribution in [2.24, 2.45) is 10.9 Å². The van der Waals surface area contributed by atoms with E-state index in [1.54, 1.807) is 11.3 Å². The molecule has 0 amide bonds. The van der Waals surface area contributed by atoms with E-state index in [1.807, 2.05) is 7.05 Å². The topological polar surface area (TPSA) is 52.6 Å². The molecule has 5 nitrogen and oxygen atoms in total. The fourth-order valence-corrected chi connectivity index (χ4v) is 4.13. The molecule has 128 valence electrons. The highest BCUT2D eigenvalue weighted by Crippen LogP contribution is 2.31. The molecule has 1 saturated carbocycles. The molecule has 3 rings (SSSR count). The average molecular weight is 336 g/mol. The molecule has 0 radical (unpaired) electrons. The quantitative estimate of drug-likeness (QED) is 0.616. The summed E-state index contributed by atoms with van der Waals surface area (Å²) in [5, 5.41) is 8.11. The van der Waals surface area contributed by atoms with Gasteiger partial charge in [0.1, 0.15) is 0 Å². The summed E-state index contributed by atoms with van der Waals surface area (Å²) in [6, 6.07) is 0.905. The van der Waals surface area contributed by atoms with E-state index in [0.717, 1.165) is 43.1 Å². The zero-order valence-electron chi connectivity index (χ0n) is 14.6. The third-order valence-corrected chi connectivity index (χ3v) is 6.00. The zero-order chi connectivity index (χ0) is 16.2. The fraction of sp³-hybridized carbons (Fsp3) is 0.765. The van der Waals surface area contributed by atoms with Gasteiger partial charge in [-0.05, 0) is 45.6 Å². The second-order valence-electron chi connectivity index (χ2n) is 6.76. The van der Waals surface area contributed by atoms with Gasteiger partial charge < -0.3 is 15.5 Å². The molecule has 2 fully saturated rings. The van der Waals surface area contributed by atoms with Crippen molar-refractivity contribution in [2.45, 2.75) is 45.6 Å². The number of nitrogens with zero attached hydrogens (tertiary/aromatic N) is 3. The Morgan fingerprint density at radius 3 is 2.78 bits per heavy atom. The van der Waals surface area contributed by atoms with Crippen LogP contribution in [0.4, 0.5) is 0 Å². The number of likely N-dealkylation sites (tertiary alicyclic amines) is 1. The average Bonchev–Trinajstić information content (AvgIpc) is 3.20. The van der Waals surface area contributed by atoms with Crippen LogP contribution in [0, 0.1) is 19.8 Å². The van der Waals surface area contributed by atoms with Gasteiger partial charge in [-0.2, -0.15) is 0 Å². The molecule has 2 aliphatic rings. The Labute approximate surface area is 143 Å². The van der Waals surface area contributed by atoms with E-state index in [4.69, 9.17) is 0 Å². The summed E-state index contributed by atoms with van der Waals surface area (Å²) < 4.78 is 0. The molecule has 1 unspecified atom stereocenters. The summed E-state index contributed by atoms with van der Waals surface area (Å²) in [4.78, 5) is 12.9. The molecule has 0 spiro atoms. The molecule has 1 aromatic heterocycles. The van der Waals surface area contributed by atoms with Gasteiger partial charge in [0.2, 0.25) is 0 Å². The molecule has 1 aliphatic carbocycles. The number of rotatable bonds is 6. The Morgan fingerprint density at radius 2 is 2.13 bits per heavy atom. The molecular formula is C17H29N5S. The molecular weight excluding hydrogens is 306 g/mol. The van der Waals surface area contributed by atoms with Crippen molar-refractivity contribution >= 4 is 17.3 Å². The van der Waals surface area contributed by atoms with Crippen LogP contribution in [0.25, 0.3) is 0 Å². The Bertz CT molecular complexity index is 530. The Balaban J connectivity index is 1.35. The highest BCUT2D eigenvalue weighted by atomic mass is 32.1. The first-order valence-electron chi connectivity index (χ1n) is 8.77. The highest BCUT2D eigenvalue weighted by Gasteiger charge is 2.34. The number of hydrogen-bond acceptors (Lipinski definition) is 4. The van der Waals surface area contributed by atoms with Crippen molar-refractivity contribution in [3.8, 4) is 0 Å². The maximum Gasteiger partial charge on any atom is 0.191 e. The predicted molar refractivity (Wildman–Crippen MR) is 97.4 cm³/mol. The predicted octanol–water partition coefficient (Wildman–Crippen LogP) is 1.95. The summed E-state index contributed by atoms with van der Waals surface area (Å²) in [5.41, 5.74) is 1.16. The van der Waals surface area contributed by atoms with E-state index in [0.29, 0.717) is 0 Å². The third-order valence-electron chi connectivity index (χ3n) is 4.87. The Hall–Kier alpha value is -1.14. The Morgan fingerprint density at radius 1 is 1.30 bits per heavy atom. The van der Waals surface area contributed by atoms with E-state index < -0.39 is 0 Å². The van der Waals surface area contributed by atoms with E-state index in [9.17, 15) is 0 Å². The lowest BCUT2D eigenvalue weighted by atomic mass is 10.1. The first-order valence-corrected chi connectivity index (χ1v) is 9.59. The normalized spacial score (nSPS) is 22.6. The molecule has 1 saturated heterocycles. The van der Waals surface area contributed by atoms with Gasteiger partial charge in [-0.3, -0.25) is 4.99 Å². The second kappa shape index (κ2) is 7.62. The van der Waals surface area contributed by atoms with Gasteiger partial charge in [0.15, 0.2) is 5.96 Å². The van der Waals surface area contributed by atoms with Gasteiger partial charge in [0, 0.05) is 44.0 Å². The van der Waals surface area contributed by atoms with Crippen LogP contribution in [-0.2, 0) is 6.42 Å². The SMILES string of the molecule is CN=C(NCCc1nc(C)c(C)s1)NCC1CCN(C2CC2)C1. The van der Waals surface area contributed by atoms with Gasteiger partial charge in [-0.1, -0.05) is 0 Å². The number of aromatic nitrogens is 1. The molecule has 1 atom stereocenters. The monoisotopic (exact) mass is 335 g/mol. The van der Waals surface area contributed by atoms with Crippen LogP contribution in [-0.4, -0.2) is 55.1 Å². The number of nitrogens with one attached hydrogen (secondary N) is 2. The van der Waals surface area contributed by atoms with Crippen LogP contribution in [0.5, 0.6) is 0 Å². The minimum atomic E-state index is 0.762. The number of aryl methyl sites for hydroxylation is 2. The van der Waals surface area contributed by atoms with Crippen LogP contribution in [0.2, 0.25) is 0 Å². The first-order chi connectivity index (χ1) is 11.2. The molecule has 2 N–H and O–H groups in total. The van der Waals surface area contributed by atoms with Gasteiger partial charge in [-0.15, -0.1) is 11.3 Å².